The summed E-state index contributed by atoms with van der Waals surface area (Å²) < 4.78 is 23.1. The lowest BCUT2D eigenvalue weighted by Gasteiger charge is -2.24. The largest absolute Gasteiger partial charge is 0.470 e. The average Bonchev–Trinajstić information content (AvgIpc) is 2.69. The van der Waals surface area contributed by atoms with Crippen molar-refractivity contribution in [3.8, 4) is 29.4 Å². The van der Waals surface area contributed by atoms with Gasteiger partial charge in [0.05, 0.1) is 16.1 Å². The molecular weight excluding hydrogens is 427 g/mol. The number of methoxy groups -OCH3 is 1. The Morgan fingerprint density at radius 1 is 1.37 bits per heavy atom. The molecule has 30 heavy (non-hydrogen) atoms. The van der Waals surface area contributed by atoms with Gasteiger partial charge in [0.25, 0.3) is 5.91 Å². The standard InChI is InChI=1S/C22H22ClFN2O3S/c1-22(2,8-6-10-28-3)26-20(27)21(30-4)29-17-12-16-11-15(7-5-9-24)14-25-19(16)18(23)13-17/h11-14,21H,9-10H2,1-4H3,(H,26,27). The van der Waals surface area contributed by atoms with E-state index in [1.807, 2.05) is 0 Å². The van der Waals surface area contributed by atoms with E-state index in [4.69, 9.17) is 21.1 Å². The maximum atomic E-state index is 12.7. The maximum Gasteiger partial charge on any atom is 0.272 e. The van der Waals surface area contributed by atoms with Crippen molar-refractivity contribution in [3.63, 3.8) is 0 Å². The number of nitrogens with one attached hydrogen (secondary N) is 1. The zero-order valence-electron chi connectivity index (χ0n) is 17.1. The minimum atomic E-state index is -0.815. The molecule has 1 heterocycles. The Balaban J connectivity index is 2.23. The molecule has 0 radical (unpaired) electrons. The van der Waals surface area contributed by atoms with Gasteiger partial charge in [0.15, 0.2) is 6.67 Å². The molecule has 0 spiro atoms. The number of fused-ring (bicyclic) bond motifs is 1. The number of carbonyl (C=O) groups excluding carboxylic acids is 1. The number of halogens is 2. The number of ether oxygens (including phenoxy) is 2. The highest BCUT2D eigenvalue weighted by molar-refractivity contribution is 7.99. The van der Waals surface area contributed by atoms with E-state index in [0.717, 1.165) is 0 Å². The Kier molecular flexibility index (Phi) is 8.80. The molecule has 1 N–H and O–H groups in total. The molecule has 5 nitrogen and oxygen atoms in total. The molecule has 1 aromatic carbocycles. The SMILES string of the molecule is COCC#CC(C)(C)NC(=O)C(Oc1cc(Cl)c2ncc(C#CCF)cc2c1)SC. The molecule has 8 heteroatoms. The Hall–Kier alpha value is -2.45. The average molecular weight is 449 g/mol. The number of thioether (sulfide) groups is 1. The van der Waals surface area contributed by atoms with Crippen molar-refractivity contribution in [2.24, 2.45) is 0 Å². The first-order valence-corrected chi connectivity index (χ1v) is 10.6. The third-order valence-corrected chi connectivity index (χ3v) is 4.76. The first-order chi connectivity index (χ1) is 14.3. The van der Waals surface area contributed by atoms with Gasteiger partial charge >= 0.3 is 0 Å². The monoisotopic (exact) mass is 448 g/mol. The summed E-state index contributed by atoms with van der Waals surface area (Å²) in [6, 6.07) is 5.06. The molecule has 1 unspecified atom stereocenters. The second kappa shape index (κ2) is 11.1. The third-order valence-electron chi connectivity index (χ3n) is 3.73. The van der Waals surface area contributed by atoms with Crippen molar-refractivity contribution in [2.75, 3.05) is 26.6 Å². The van der Waals surface area contributed by atoms with Crippen LogP contribution in [0.25, 0.3) is 10.9 Å². The predicted molar refractivity (Wildman–Crippen MR) is 119 cm³/mol. The highest BCUT2D eigenvalue weighted by Gasteiger charge is 2.25. The number of hydrogen-bond donors (Lipinski definition) is 1. The van der Waals surface area contributed by atoms with E-state index in [2.05, 4.69) is 34.0 Å². The van der Waals surface area contributed by atoms with Gasteiger partial charge in [0, 0.05) is 30.3 Å². The van der Waals surface area contributed by atoms with Crippen LogP contribution in [0.4, 0.5) is 4.39 Å². The van der Waals surface area contributed by atoms with Gasteiger partial charge in [0.2, 0.25) is 5.44 Å². The molecule has 0 aliphatic heterocycles. The molecule has 0 aliphatic carbocycles. The van der Waals surface area contributed by atoms with Gasteiger partial charge in [-0.05, 0) is 32.2 Å². The topological polar surface area (TPSA) is 60.5 Å². The molecule has 2 aromatic rings. The molecule has 1 atom stereocenters. The fraction of sp³-hybridized carbons (Fsp3) is 0.364. The van der Waals surface area contributed by atoms with E-state index >= 15 is 0 Å². The number of nitrogens with zero attached hydrogens (tertiary/aromatic N) is 1. The van der Waals surface area contributed by atoms with E-state index in [1.165, 1.54) is 18.0 Å². The van der Waals surface area contributed by atoms with Crippen molar-refractivity contribution in [1.29, 1.82) is 0 Å². The molecule has 158 valence electrons. The second-order valence-corrected chi connectivity index (χ2v) is 7.98. The molecule has 0 aliphatic rings. The number of aromatic nitrogens is 1. The van der Waals surface area contributed by atoms with Crippen LogP contribution in [0.2, 0.25) is 5.02 Å². The number of benzene rings is 1. The van der Waals surface area contributed by atoms with Crippen molar-refractivity contribution < 1.29 is 18.7 Å². The number of alkyl halides is 1. The predicted octanol–water partition coefficient (Wildman–Crippen LogP) is 3.82. The lowest BCUT2D eigenvalue weighted by Crippen LogP contribution is -2.47. The summed E-state index contributed by atoms with van der Waals surface area (Å²) in [5.74, 6) is 10.9. The molecular formula is C22H22ClFN2O3S. The lowest BCUT2D eigenvalue weighted by atomic mass is 10.1. The highest BCUT2D eigenvalue weighted by Crippen LogP contribution is 2.30. The highest BCUT2D eigenvalue weighted by atomic mass is 35.5. The van der Waals surface area contributed by atoms with Gasteiger partial charge in [-0.2, -0.15) is 0 Å². The Morgan fingerprint density at radius 2 is 2.13 bits per heavy atom. The molecule has 0 saturated carbocycles. The van der Waals surface area contributed by atoms with E-state index in [0.29, 0.717) is 27.2 Å². The summed E-state index contributed by atoms with van der Waals surface area (Å²) in [5.41, 5.74) is -0.440. The number of pyridine rings is 1. The Bertz CT molecular complexity index is 1040. The molecule has 2 rings (SSSR count). The van der Waals surface area contributed by atoms with Gasteiger partial charge in [-0.1, -0.05) is 35.3 Å². The first-order valence-electron chi connectivity index (χ1n) is 8.94. The van der Waals surface area contributed by atoms with Crippen LogP contribution in [0.5, 0.6) is 5.75 Å². The van der Waals surface area contributed by atoms with Crippen molar-refractivity contribution in [2.45, 2.75) is 24.8 Å². The molecule has 1 aromatic heterocycles. The van der Waals surface area contributed by atoms with Gasteiger partial charge in [0.1, 0.15) is 12.4 Å². The van der Waals surface area contributed by atoms with E-state index in [1.54, 1.807) is 45.4 Å². The van der Waals surface area contributed by atoms with Crippen molar-refractivity contribution in [1.82, 2.24) is 10.3 Å². The van der Waals surface area contributed by atoms with Gasteiger partial charge in [-0.15, -0.1) is 11.8 Å². The zero-order chi connectivity index (χ0) is 22.1. The minimum absolute atomic E-state index is 0.281. The van der Waals surface area contributed by atoms with Crippen LogP contribution in [0, 0.1) is 23.7 Å². The van der Waals surface area contributed by atoms with Crippen LogP contribution in [0.3, 0.4) is 0 Å². The number of rotatable bonds is 6. The summed E-state index contributed by atoms with van der Waals surface area (Å²) in [4.78, 5) is 17.0. The summed E-state index contributed by atoms with van der Waals surface area (Å²) in [6.07, 6.45) is 3.30. The second-order valence-electron chi connectivity index (χ2n) is 6.67. The Morgan fingerprint density at radius 3 is 2.80 bits per heavy atom. The number of amides is 1. The zero-order valence-corrected chi connectivity index (χ0v) is 18.7. The fourth-order valence-electron chi connectivity index (χ4n) is 2.51. The fourth-order valence-corrected chi connectivity index (χ4v) is 3.26. The quantitative estimate of drug-likeness (QED) is 0.537. The van der Waals surface area contributed by atoms with Crippen molar-refractivity contribution >= 4 is 40.2 Å². The normalized spacial score (nSPS) is 11.7. The number of hydrogen-bond acceptors (Lipinski definition) is 5. The van der Waals surface area contributed by atoms with Crippen LogP contribution < -0.4 is 10.1 Å². The van der Waals surface area contributed by atoms with Crippen LogP contribution in [-0.2, 0) is 9.53 Å². The maximum absolute atomic E-state index is 12.7. The van der Waals surface area contributed by atoms with Gasteiger partial charge in [-0.25, -0.2) is 4.39 Å². The minimum Gasteiger partial charge on any atom is -0.470 e. The molecule has 0 saturated heterocycles. The van der Waals surface area contributed by atoms with Crippen molar-refractivity contribution in [3.05, 3.63) is 35.0 Å². The smallest absolute Gasteiger partial charge is 0.272 e. The van der Waals surface area contributed by atoms with Crippen LogP contribution in [-0.4, -0.2) is 48.5 Å². The Labute approximate surface area is 185 Å². The lowest BCUT2D eigenvalue weighted by molar-refractivity contribution is -0.125. The van der Waals surface area contributed by atoms with Crippen LogP contribution >= 0.6 is 23.4 Å². The van der Waals surface area contributed by atoms with E-state index in [9.17, 15) is 9.18 Å². The van der Waals surface area contributed by atoms with Crippen LogP contribution in [0.15, 0.2) is 24.4 Å². The van der Waals surface area contributed by atoms with E-state index in [-0.39, 0.29) is 12.5 Å². The summed E-state index contributed by atoms with van der Waals surface area (Å²) >= 11 is 7.56. The molecule has 1 amide bonds. The number of carbonyl (C=O) groups is 1. The summed E-state index contributed by atoms with van der Waals surface area (Å²) in [7, 11) is 1.55. The summed E-state index contributed by atoms with van der Waals surface area (Å²) in [6.45, 7) is 3.13. The molecule has 0 fully saturated rings. The summed E-state index contributed by atoms with van der Waals surface area (Å²) in [5, 5.41) is 3.91. The van der Waals surface area contributed by atoms with Crippen LogP contribution in [0.1, 0.15) is 19.4 Å². The first kappa shape index (κ1) is 23.8. The van der Waals surface area contributed by atoms with Gasteiger partial charge < -0.3 is 14.8 Å². The van der Waals surface area contributed by atoms with Gasteiger partial charge in [-0.3, -0.25) is 9.78 Å². The molecule has 0 bridgehead atoms. The third kappa shape index (κ3) is 6.81. The van der Waals surface area contributed by atoms with E-state index < -0.39 is 17.6 Å².